The molecule has 0 unspecified atom stereocenters. The molecule has 5 rings (SSSR count). The molecule has 0 aliphatic carbocycles. The van der Waals surface area contributed by atoms with Crippen molar-refractivity contribution in [3.8, 4) is 0 Å². The number of anilines is 2. The van der Waals surface area contributed by atoms with Gasteiger partial charge in [0.1, 0.15) is 0 Å². The number of nitrogens with one attached hydrogen (secondary N) is 3. The molecular formula is C32H33N5O5. The highest BCUT2D eigenvalue weighted by molar-refractivity contribution is 6.37. The van der Waals surface area contributed by atoms with E-state index in [0.29, 0.717) is 77.6 Å². The Balaban J connectivity index is 1.40. The number of benzene rings is 3. The van der Waals surface area contributed by atoms with Crippen molar-refractivity contribution in [2.45, 2.75) is 6.92 Å². The minimum atomic E-state index is -0.469. The van der Waals surface area contributed by atoms with Crippen LogP contribution in [0.1, 0.15) is 37.4 Å². The third-order valence-electron chi connectivity index (χ3n) is 7.53. The van der Waals surface area contributed by atoms with E-state index < -0.39 is 5.97 Å². The lowest BCUT2D eigenvalue weighted by Crippen LogP contribution is -2.50. The molecule has 3 amide bonds. The van der Waals surface area contributed by atoms with E-state index in [4.69, 9.17) is 4.74 Å². The number of esters is 1. The molecule has 10 heteroatoms. The van der Waals surface area contributed by atoms with Gasteiger partial charge < -0.3 is 25.6 Å². The SMILES string of the molecule is CNC(=O)CN1CCN(C(=O)c2ccc(N/C(=C3/C(=O)Nc4cc(C(=O)OC)c(C)cc43)c3ccccc3)cc2)CC1. The van der Waals surface area contributed by atoms with Crippen molar-refractivity contribution < 1.29 is 23.9 Å². The molecule has 0 aromatic heterocycles. The highest BCUT2D eigenvalue weighted by Gasteiger charge is 2.30. The number of hydrogen-bond acceptors (Lipinski definition) is 7. The molecule has 3 N–H and O–H groups in total. The highest BCUT2D eigenvalue weighted by Crippen LogP contribution is 2.39. The van der Waals surface area contributed by atoms with Crippen molar-refractivity contribution in [3.05, 3.63) is 94.5 Å². The maximum Gasteiger partial charge on any atom is 0.338 e. The number of ether oxygens (including phenoxy) is 1. The number of piperazine rings is 1. The average molecular weight is 568 g/mol. The largest absolute Gasteiger partial charge is 0.465 e. The molecule has 3 aromatic rings. The quantitative estimate of drug-likeness (QED) is 0.296. The lowest BCUT2D eigenvalue weighted by molar-refractivity contribution is -0.122. The lowest BCUT2D eigenvalue weighted by Gasteiger charge is -2.34. The minimum Gasteiger partial charge on any atom is -0.465 e. The molecule has 0 bridgehead atoms. The first-order valence-electron chi connectivity index (χ1n) is 13.7. The number of nitrogens with zero attached hydrogens (tertiary/aromatic N) is 2. The number of likely N-dealkylation sites (N-methyl/N-ethyl adjacent to an activating group) is 1. The molecule has 0 saturated carbocycles. The van der Waals surface area contributed by atoms with E-state index in [2.05, 4.69) is 16.0 Å². The van der Waals surface area contributed by atoms with E-state index in [0.717, 1.165) is 5.56 Å². The Labute approximate surface area is 244 Å². The second-order valence-electron chi connectivity index (χ2n) is 10.2. The zero-order chi connectivity index (χ0) is 29.8. The molecular weight excluding hydrogens is 534 g/mol. The monoisotopic (exact) mass is 567 g/mol. The van der Waals surface area contributed by atoms with E-state index in [-0.39, 0.29) is 17.7 Å². The summed E-state index contributed by atoms with van der Waals surface area (Å²) in [6.07, 6.45) is 0. The topological polar surface area (TPSA) is 120 Å². The molecule has 1 saturated heterocycles. The summed E-state index contributed by atoms with van der Waals surface area (Å²) in [5.74, 6) is -0.866. The zero-order valence-electron chi connectivity index (χ0n) is 23.8. The van der Waals surface area contributed by atoms with Gasteiger partial charge in [-0.1, -0.05) is 30.3 Å². The fourth-order valence-electron chi connectivity index (χ4n) is 5.20. The predicted octanol–water partition coefficient (Wildman–Crippen LogP) is 3.22. The van der Waals surface area contributed by atoms with Gasteiger partial charge >= 0.3 is 5.97 Å². The lowest BCUT2D eigenvalue weighted by atomic mass is 9.96. The number of hydrogen-bond donors (Lipinski definition) is 3. The van der Waals surface area contributed by atoms with Crippen LogP contribution in [-0.2, 0) is 14.3 Å². The normalized spacial score (nSPS) is 15.9. The summed E-state index contributed by atoms with van der Waals surface area (Å²) in [7, 11) is 2.94. The van der Waals surface area contributed by atoms with E-state index in [1.807, 2.05) is 53.4 Å². The van der Waals surface area contributed by atoms with Crippen molar-refractivity contribution in [3.63, 3.8) is 0 Å². The molecule has 0 atom stereocenters. The van der Waals surface area contributed by atoms with Crippen LogP contribution in [0.25, 0.3) is 11.3 Å². The number of rotatable bonds is 7. The van der Waals surface area contributed by atoms with E-state index in [1.54, 1.807) is 37.1 Å². The summed E-state index contributed by atoms with van der Waals surface area (Å²) in [6, 6.07) is 20.2. The van der Waals surface area contributed by atoms with Crippen LogP contribution in [0.4, 0.5) is 11.4 Å². The minimum absolute atomic E-state index is 0.0395. The van der Waals surface area contributed by atoms with Crippen molar-refractivity contribution >= 4 is 46.3 Å². The van der Waals surface area contributed by atoms with Gasteiger partial charge in [0.15, 0.2) is 0 Å². The van der Waals surface area contributed by atoms with Gasteiger partial charge in [0.25, 0.3) is 11.8 Å². The van der Waals surface area contributed by atoms with E-state index in [1.165, 1.54) is 7.11 Å². The molecule has 0 spiro atoms. The third-order valence-corrected chi connectivity index (χ3v) is 7.53. The Morgan fingerprint density at radius 1 is 0.929 bits per heavy atom. The number of fused-ring (bicyclic) bond motifs is 1. The molecule has 42 heavy (non-hydrogen) atoms. The Bertz CT molecular complexity index is 1560. The number of carbonyl (C=O) groups excluding carboxylic acids is 4. The molecule has 3 aromatic carbocycles. The highest BCUT2D eigenvalue weighted by atomic mass is 16.5. The van der Waals surface area contributed by atoms with Gasteiger partial charge in [-0.3, -0.25) is 19.3 Å². The predicted molar refractivity (Wildman–Crippen MR) is 161 cm³/mol. The summed E-state index contributed by atoms with van der Waals surface area (Å²) in [5.41, 5.74) is 5.42. The second-order valence-corrected chi connectivity index (χ2v) is 10.2. The Hall–Kier alpha value is -4.96. The molecule has 216 valence electrons. The fraction of sp³-hybridized carbons (Fsp3) is 0.250. The molecule has 10 nitrogen and oxygen atoms in total. The second kappa shape index (κ2) is 12.3. The first-order chi connectivity index (χ1) is 20.3. The zero-order valence-corrected chi connectivity index (χ0v) is 23.8. The molecule has 0 radical (unpaired) electrons. The fourth-order valence-corrected chi connectivity index (χ4v) is 5.20. The molecule has 2 heterocycles. The van der Waals surface area contributed by atoms with Crippen molar-refractivity contribution in [1.82, 2.24) is 15.1 Å². The van der Waals surface area contributed by atoms with Gasteiger partial charge in [-0.15, -0.1) is 0 Å². The van der Waals surface area contributed by atoms with E-state index >= 15 is 0 Å². The number of methoxy groups -OCH3 is 1. The van der Waals surface area contributed by atoms with Gasteiger partial charge in [0.05, 0.1) is 36.2 Å². The van der Waals surface area contributed by atoms with Crippen LogP contribution in [0.15, 0.2) is 66.7 Å². The van der Waals surface area contributed by atoms with Gasteiger partial charge in [-0.25, -0.2) is 4.79 Å². The first-order valence-corrected chi connectivity index (χ1v) is 13.7. The smallest absolute Gasteiger partial charge is 0.338 e. The first kappa shape index (κ1) is 28.6. The Morgan fingerprint density at radius 2 is 1.62 bits per heavy atom. The van der Waals surface area contributed by atoms with Crippen LogP contribution in [0.5, 0.6) is 0 Å². The van der Waals surface area contributed by atoms with Crippen molar-refractivity contribution in [2.24, 2.45) is 0 Å². The average Bonchev–Trinajstić information content (AvgIpc) is 3.33. The third kappa shape index (κ3) is 5.89. The number of amides is 3. The summed E-state index contributed by atoms with van der Waals surface area (Å²) in [4.78, 5) is 54.2. The van der Waals surface area contributed by atoms with Crippen LogP contribution in [0.2, 0.25) is 0 Å². The van der Waals surface area contributed by atoms with Crippen LogP contribution >= 0.6 is 0 Å². The summed E-state index contributed by atoms with van der Waals surface area (Å²) in [6.45, 7) is 4.50. The molecule has 2 aliphatic rings. The summed E-state index contributed by atoms with van der Waals surface area (Å²) < 4.78 is 4.89. The van der Waals surface area contributed by atoms with Crippen LogP contribution in [-0.4, -0.2) is 80.4 Å². The van der Waals surface area contributed by atoms with Gasteiger partial charge in [0.2, 0.25) is 5.91 Å². The Morgan fingerprint density at radius 3 is 2.26 bits per heavy atom. The summed E-state index contributed by atoms with van der Waals surface area (Å²) >= 11 is 0. The maximum atomic E-state index is 13.3. The molecule has 2 aliphatic heterocycles. The van der Waals surface area contributed by atoms with Crippen molar-refractivity contribution in [1.29, 1.82) is 0 Å². The van der Waals surface area contributed by atoms with Gasteiger partial charge in [-0.2, -0.15) is 0 Å². The van der Waals surface area contributed by atoms with Gasteiger partial charge in [-0.05, 0) is 54.4 Å². The van der Waals surface area contributed by atoms with E-state index in [9.17, 15) is 19.2 Å². The maximum absolute atomic E-state index is 13.3. The van der Waals surface area contributed by atoms with Crippen LogP contribution in [0.3, 0.4) is 0 Å². The Kier molecular flexibility index (Phi) is 8.35. The molecule has 1 fully saturated rings. The van der Waals surface area contributed by atoms with Crippen molar-refractivity contribution in [2.75, 3.05) is 57.5 Å². The number of carbonyl (C=O) groups is 4. The standard InChI is InChI=1S/C32H33N5O5/c1-20-17-25-26(18-24(20)32(41)42-3)35-30(39)28(25)29(21-7-5-4-6-8-21)34-23-11-9-22(10-12-23)31(40)37-15-13-36(14-16-37)19-27(38)33-2/h4-12,17-18,34H,13-16,19H2,1-3H3,(H,33,38)(H,35,39)/b29-28+. The van der Waals surface area contributed by atoms with Gasteiger partial charge in [0, 0.05) is 50.0 Å². The van der Waals surface area contributed by atoms with Crippen LogP contribution < -0.4 is 16.0 Å². The number of aryl methyl sites for hydroxylation is 1. The summed E-state index contributed by atoms with van der Waals surface area (Å²) in [5, 5.41) is 8.92. The van der Waals surface area contributed by atoms with Crippen LogP contribution in [0, 0.1) is 6.92 Å².